The molecule has 2 unspecified atom stereocenters. The van der Waals surface area contributed by atoms with Gasteiger partial charge in [0.15, 0.2) is 0 Å². The minimum atomic E-state index is 0.682. The zero-order chi connectivity index (χ0) is 9.14. The van der Waals surface area contributed by atoms with E-state index >= 15 is 0 Å². The van der Waals surface area contributed by atoms with Gasteiger partial charge in [0, 0.05) is 22.6 Å². The number of hydrogen-bond acceptors (Lipinski definition) is 2. The number of alkyl halides is 1. The Kier molecular flexibility index (Phi) is 4.26. The fourth-order valence-electron chi connectivity index (χ4n) is 1.69. The molecule has 0 spiro atoms. The molecule has 1 aliphatic heterocycles. The maximum absolute atomic E-state index is 3.39. The second-order valence-electron chi connectivity index (χ2n) is 3.79. The second kappa shape index (κ2) is 4.77. The minimum Gasteiger partial charge on any atom is -0.315 e. The highest BCUT2D eigenvalue weighted by atomic mass is 127. The van der Waals surface area contributed by atoms with Crippen molar-refractivity contribution in [3.05, 3.63) is 0 Å². The average Bonchev–Trinajstić information content (AvgIpc) is 2.05. The highest BCUT2D eigenvalue weighted by molar-refractivity contribution is 14.1. The smallest absolute Gasteiger partial charge is 0.0310 e. The second-order valence-corrected chi connectivity index (χ2v) is 5.39. The Labute approximate surface area is 89.2 Å². The molecule has 1 rings (SSSR count). The summed E-state index contributed by atoms with van der Waals surface area (Å²) in [6, 6.07) is 1.38. The number of likely N-dealkylation sites (N-methyl/N-ethyl adjacent to an activating group) is 1. The summed E-state index contributed by atoms with van der Waals surface area (Å²) >= 11 is 2.56. The predicted octanol–water partition coefficient (Wildman–Crippen LogP) is 1.49. The van der Waals surface area contributed by atoms with Gasteiger partial charge in [-0.3, -0.25) is 4.90 Å². The molecule has 1 fully saturated rings. The maximum Gasteiger partial charge on any atom is 0.0310 e. The van der Waals surface area contributed by atoms with Gasteiger partial charge < -0.3 is 5.32 Å². The Hall–Kier alpha value is 0.650. The van der Waals surface area contributed by atoms with Crippen molar-refractivity contribution in [2.24, 2.45) is 0 Å². The Morgan fingerprint density at radius 1 is 1.50 bits per heavy atom. The van der Waals surface area contributed by atoms with Gasteiger partial charge in [0.1, 0.15) is 0 Å². The van der Waals surface area contributed by atoms with E-state index in [0.29, 0.717) is 12.1 Å². The minimum absolute atomic E-state index is 0.682. The summed E-state index contributed by atoms with van der Waals surface area (Å²) in [5.74, 6) is 0. The lowest BCUT2D eigenvalue weighted by atomic mass is 10.0. The molecule has 2 nitrogen and oxygen atoms in total. The first-order valence-corrected chi connectivity index (χ1v) is 5.95. The molecule has 1 aliphatic rings. The molecule has 0 radical (unpaired) electrons. The van der Waals surface area contributed by atoms with E-state index in [2.05, 4.69) is 53.7 Å². The van der Waals surface area contributed by atoms with Gasteiger partial charge in [0.25, 0.3) is 0 Å². The number of nitrogens with one attached hydrogen (secondary N) is 1. The summed E-state index contributed by atoms with van der Waals surface area (Å²) in [6.45, 7) is 7.03. The number of piperidine rings is 1. The zero-order valence-corrected chi connectivity index (χ0v) is 10.3. The van der Waals surface area contributed by atoms with E-state index in [1.165, 1.54) is 19.5 Å². The fraction of sp³-hybridized carbons (Fsp3) is 1.00. The van der Waals surface area contributed by atoms with Crippen LogP contribution in [-0.4, -0.2) is 41.0 Å². The maximum atomic E-state index is 3.39. The van der Waals surface area contributed by atoms with Crippen LogP contribution < -0.4 is 5.32 Å². The first-order chi connectivity index (χ1) is 5.65. The largest absolute Gasteiger partial charge is 0.315 e. The Morgan fingerprint density at radius 2 is 2.17 bits per heavy atom. The lowest BCUT2D eigenvalue weighted by Crippen LogP contribution is -2.52. The third kappa shape index (κ3) is 2.57. The molecule has 2 atom stereocenters. The van der Waals surface area contributed by atoms with Crippen molar-refractivity contribution in [2.75, 3.05) is 20.1 Å². The predicted molar refractivity (Wildman–Crippen MR) is 62.0 cm³/mol. The van der Waals surface area contributed by atoms with E-state index in [1.807, 2.05) is 0 Å². The third-order valence-corrected chi connectivity index (χ3v) is 4.15. The van der Waals surface area contributed by atoms with Gasteiger partial charge in [0.2, 0.25) is 0 Å². The Balaban J connectivity index is 2.44. The van der Waals surface area contributed by atoms with Gasteiger partial charge in [-0.15, -0.1) is 0 Å². The summed E-state index contributed by atoms with van der Waals surface area (Å²) in [5.41, 5.74) is 0. The molecule has 1 N–H and O–H groups in total. The van der Waals surface area contributed by atoms with Crippen LogP contribution in [0.4, 0.5) is 0 Å². The zero-order valence-electron chi connectivity index (χ0n) is 8.18. The summed E-state index contributed by atoms with van der Waals surface area (Å²) in [4.78, 5) is 2.55. The van der Waals surface area contributed by atoms with E-state index < -0.39 is 0 Å². The number of likely N-dealkylation sites (tertiary alicyclic amines) is 1. The number of nitrogens with zero attached hydrogens (tertiary/aromatic N) is 1. The lowest BCUT2D eigenvalue weighted by Gasteiger charge is -2.38. The Bertz CT molecular complexity index is 138. The van der Waals surface area contributed by atoms with E-state index in [-0.39, 0.29) is 0 Å². The molecule has 0 aromatic heterocycles. The normalized spacial score (nSPS) is 32.8. The molecule has 1 heterocycles. The van der Waals surface area contributed by atoms with E-state index in [9.17, 15) is 0 Å². The standard InChI is InChI=1S/C9H19IN2/c1-7(2)12-5-4-8(10)9(6-12)11-3/h7-9,11H,4-6H2,1-3H3. The Morgan fingerprint density at radius 3 is 2.67 bits per heavy atom. The van der Waals surface area contributed by atoms with Gasteiger partial charge >= 0.3 is 0 Å². The van der Waals surface area contributed by atoms with Crippen molar-refractivity contribution in [3.63, 3.8) is 0 Å². The monoisotopic (exact) mass is 282 g/mol. The van der Waals surface area contributed by atoms with Crippen molar-refractivity contribution in [2.45, 2.75) is 36.3 Å². The van der Waals surface area contributed by atoms with Crippen LogP contribution in [0.25, 0.3) is 0 Å². The molecule has 72 valence electrons. The first kappa shape index (κ1) is 10.7. The van der Waals surface area contributed by atoms with Crippen molar-refractivity contribution in [1.29, 1.82) is 0 Å². The SMILES string of the molecule is CNC1CN(C(C)C)CCC1I. The van der Waals surface area contributed by atoms with Gasteiger partial charge in [-0.1, -0.05) is 22.6 Å². The molecule has 0 aliphatic carbocycles. The van der Waals surface area contributed by atoms with Crippen molar-refractivity contribution < 1.29 is 0 Å². The number of hydrogen-bond donors (Lipinski definition) is 1. The molecule has 0 aromatic rings. The van der Waals surface area contributed by atoms with Crippen molar-refractivity contribution in [3.8, 4) is 0 Å². The van der Waals surface area contributed by atoms with Crippen molar-refractivity contribution >= 4 is 22.6 Å². The molecule has 0 saturated carbocycles. The first-order valence-electron chi connectivity index (χ1n) is 4.70. The van der Waals surface area contributed by atoms with Gasteiger partial charge in [-0.05, 0) is 33.9 Å². The van der Waals surface area contributed by atoms with Crippen LogP contribution >= 0.6 is 22.6 Å². The molecule has 1 saturated heterocycles. The topological polar surface area (TPSA) is 15.3 Å². The molecular weight excluding hydrogens is 263 g/mol. The summed E-state index contributed by atoms with van der Waals surface area (Å²) in [6.07, 6.45) is 1.32. The van der Waals surface area contributed by atoms with Crippen LogP contribution in [0, 0.1) is 0 Å². The van der Waals surface area contributed by atoms with Crippen LogP contribution in [0.1, 0.15) is 20.3 Å². The fourth-order valence-corrected chi connectivity index (χ4v) is 2.56. The molecule has 0 aromatic carbocycles. The van der Waals surface area contributed by atoms with Crippen LogP contribution in [0.3, 0.4) is 0 Å². The average molecular weight is 282 g/mol. The highest BCUT2D eigenvalue weighted by Crippen LogP contribution is 2.19. The van der Waals surface area contributed by atoms with Crippen LogP contribution in [0.15, 0.2) is 0 Å². The van der Waals surface area contributed by atoms with Crippen LogP contribution in [0.5, 0.6) is 0 Å². The van der Waals surface area contributed by atoms with Gasteiger partial charge in [-0.2, -0.15) is 0 Å². The van der Waals surface area contributed by atoms with Gasteiger partial charge in [0.05, 0.1) is 0 Å². The molecule has 3 heteroatoms. The van der Waals surface area contributed by atoms with Crippen LogP contribution in [0.2, 0.25) is 0 Å². The third-order valence-electron chi connectivity index (χ3n) is 2.66. The number of halogens is 1. The van der Waals surface area contributed by atoms with Crippen LogP contribution in [-0.2, 0) is 0 Å². The lowest BCUT2D eigenvalue weighted by molar-refractivity contribution is 0.165. The summed E-state index contributed by atoms with van der Waals surface area (Å²) in [5, 5.41) is 3.39. The van der Waals surface area contributed by atoms with Gasteiger partial charge in [-0.25, -0.2) is 0 Å². The quantitative estimate of drug-likeness (QED) is 0.610. The molecule has 12 heavy (non-hydrogen) atoms. The molecule has 0 amide bonds. The van der Waals surface area contributed by atoms with E-state index in [4.69, 9.17) is 0 Å². The number of rotatable bonds is 2. The van der Waals surface area contributed by atoms with E-state index in [1.54, 1.807) is 0 Å². The molecule has 0 bridgehead atoms. The van der Waals surface area contributed by atoms with E-state index in [0.717, 1.165) is 3.92 Å². The molecular formula is C9H19IN2. The summed E-state index contributed by atoms with van der Waals surface area (Å²) < 4.78 is 0.808. The van der Waals surface area contributed by atoms with Crippen molar-refractivity contribution in [1.82, 2.24) is 10.2 Å². The summed E-state index contributed by atoms with van der Waals surface area (Å²) in [7, 11) is 2.07. The highest BCUT2D eigenvalue weighted by Gasteiger charge is 2.26.